The molecular weight excluding hydrogens is 380 g/mol. The van der Waals surface area contributed by atoms with Crippen LogP contribution in [0.15, 0.2) is 0 Å². The predicted molar refractivity (Wildman–Crippen MR) is 126 cm³/mol. The molecule has 4 saturated carbocycles. The maximum atomic E-state index is 12.5. The van der Waals surface area contributed by atoms with Crippen molar-refractivity contribution in [3.8, 4) is 23.7 Å². The van der Waals surface area contributed by atoms with Gasteiger partial charge < -0.3 is 4.74 Å². The first-order chi connectivity index (χ1) is 15.3. The molecule has 0 saturated heterocycles. The Morgan fingerprint density at radius 1 is 0.484 bits per heavy atom. The Balaban J connectivity index is 1.14. The molecule has 0 radical (unpaired) electrons. The largest absolute Gasteiger partial charge is 0.462 e. The number of rotatable bonds is 2. The van der Waals surface area contributed by atoms with Gasteiger partial charge >= 0.3 is 5.97 Å². The van der Waals surface area contributed by atoms with Gasteiger partial charge in [0.2, 0.25) is 0 Å². The Bertz CT molecular complexity index is 674. The number of esters is 1. The summed E-state index contributed by atoms with van der Waals surface area (Å²) in [6.45, 7) is 0. The van der Waals surface area contributed by atoms with Crippen LogP contribution in [-0.2, 0) is 9.53 Å². The van der Waals surface area contributed by atoms with Gasteiger partial charge in [0.25, 0.3) is 0 Å². The van der Waals surface area contributed by atoms with E-state index in [-0.39, 0.29) is 18.0 Å². The first kappa shape index (κ1) is 22.8. The summed E-state index contributed by atoms with van der Waals surface area (Å²) in [5.74, 6) is 17.0. The minimum Gasteiger partial charge on any atom is -0.462 e. The van der Waals surface area contributed by atoms with E-state index in [1.807, 2.05) is 0 Å². The summed E-state index contributed by atoms with van der Waals surface area (Å²) in [5.41, 5.74) is 0. The van der Waals surface area contributed by atoms with Crippen LogP contribution in [0.4, 0.5) is 0 Å². The van der Waals surface area contributed by atoms with Crippen LogP contribution < -0.4 is 0 Å². The molecule has 2 nitrogen and oxygen atoms in total. The van der Waals surface area contributed by atoms with Crippen molar-refractivity contribution in [3.63, 3.8) is 0 Å². The molecule has 0 heterocycles. The van der Waals surface area contributed by atoms with E-state index < -0.39 is 0 Å². The zero-order chi connectivity index (χ0) is 21.3. The Labute approximate surface area is 190 Å². The monoisotopic (exact) mass is 422 g/mol. The van der Waals surface area contributed by atoms with E-state index in [4.69, 9.17) is 4.74 Å². The minimum absolute atomic E-state index is 0.0750. The van der Waals surface area contributed by atoms with Gasteiger partial charge in [-0.2, -0.15) is 0 Å². The average Bonchev–Trinajstić information content (AvgIpc) is 2.84. The zero-order valence-electron chi connectivity index (χ0n) is 19.5. The summed E-state index contributed by atoms with van der Waals surface area (Å²) >= 11 is 0. The van der Waals surface area contributed by atoms with Gasteiger partial charge in [-0.15, -0.1) is 0 Å². The van der Waals surface area contributed by atoms with E-state index in [2.05, 4.69) is 23.7 Å². The number of hydrogen-bond donors (Lipinski definition) is 0. The van der Waals surface area contributed by atoms with Gasteiger partial charge in [-0.25, -0.2) is 0 Å². The standard InChI is InChI=1S/C29H42O2/c30-29(31-28-9-5-2-6-10-28)27-21-19-26(20-22-27)18-17-25-15-13-24(14-16-25)12-11-23-7-3-1-4-8-23/h23-28H,1-10,13-16,19-22H2. The van der Waals surface area contributed by atoms with Gasteiger partial charge in [-0.05, 0) is 89.9 Å². The minimum atomic E-state index is 0.0750. The molecule has 0 aromatic carbocycles. The molecule has 0 aliphatic heterocycles. The van der Waals surface area contributed by atoms with Crippen molar-refractivity contribution >= 4 is 5.97 Å². The van der Waals surface area contributed by atoms with Crippen molar-refractivity contribution in [2.24, 2.45) is 29.6 Å². The van der Waals surface area contributed by atoms with E-state index >= 15 is 0 Å². The number of carbonyl (C=O) groups is 1. The highest BCUT2D eigenvalue weighted by molar-refractivity contribution is 5.72. The molecule has 0 aromatic rings. The van der Waals surface area contributed by atoms with E-state index in [1.165, 1.54) is 77.0 Å². The van der Waals surface area contributed by atoms with Crippen molar-refractivity contribution < 1.29 is 9.53 Å². The third-order valence-corrected chi connectivity index (χ3v) is 8.21. The summed E-state index contributed by atoms with van der Waals surface area (Å²) in [5, 5.41) is 0. The van der Waals surface area contributed by atoms with Gasteiger partial charge in [0.1, 0.15) is 6.10 Å². The van der Waals surface area contributed by atoms with E-state index in [1.54, 1.807) is 0 Å². The molecule has 4 aliphatic carbocycles. The number of carbonyl (C=O) groups excluding carboxylic acids is 1. The van der Waals surface area contributed by atoms with Crippen LogP contribution in [0.2, 0.25) is 0 Å². The Hall–Kier alpha value is -1.41. The summed E-state index contributed by atoms with van der Waals surface area (Å²) in [6, 6.07) is 0. The van der Waals surface area contributed by atoms with Crippen LogP contribution in [0.25, 0.3) is 0 Å². The number of hydrogen-bond acceptors (Lipinski definition) is 2. The predicted octanol–water partition coefficient (Wildman–Crippen LogP) is 7.06. The lowest BCUT2D eigenvalue weighted by Gasteiger charge is -2.28. The van der Waals surface area contributed by atoms with Crippen molar-refractivity contribution in [2.75, 3.05) is 0 Å². The van der Waals surface area contributed by atoms with Gasteiger partial charge in [0, 0.05) is 23.7 Å². The highest BCUT2D eigenvalue weighted by Gasteiger charge is 2.29. The first-order valence-corrected chi connectivity index (χ1v) is 13.5. The van der Waals surface area contributed by atoms with Gasteiger partial charge in [0.15, 0.2) is 0 Å². The van der Waals surface area contributed by atoms with E-state index in [0.717, 1.165) is 38.5 Å². The fourth-order valence-corrected chi connectivity index (χ4v) is 6.02. The third kappa shape index (κ3) is 7.31. The normalized spacial score (nSPS) is 32.8. The molecule has 0 aromatic heterocycles. The molecule has 4 fully saturated rings. The summed E-state index contributed by atoms with van der Waals surface area (Å²) < 4.78 is 5.80. The number of ether oxygens (including phenoxy) is 1. The second-order valence-corrected chi connectivity index (χ2v) is 10.7. The fourth-order valence-electron chi connectivity index (χ4n) is 6.02. The van der Waals surface area contributed by atoms with Crippen molar-refractivity contribution in [1.29, 1.82) is 0 Å². The highest BCUT2D eigenvalue weighted by atomic mass is 16.5. The molecule has 170 valence electrons. The smallest absolute Gasteiger partial charge is 0.309 e. The van der Waals surface area contributed by atoms with Gasteiger partial charge in [0.05, 0.1) is 5.92 Å². The van der Waals surface area contributed by atoms with Crippen LogP contribution in [0, 0.1) is 53.3 Å². The lowest BCUT2D eigenvalue weighted by Crippen LogP contribution is -2.28. The third-order valence-electron chi connectivity index (χ3n) is 8.21. The van der Waals surface area contributed by atoms with Gasteiger partial charge in [-0.3, -0.25) is 4.79 Å². The fraction of sp³-hybridized carbons (Fsp3) is 0.828. The van der Waals surface area contributed by atoms with Crippen LogP contribution in [0.1, 0.15) is 116 Å². The molecule has 0 N–H and O–H groups in total. The summed E-state index contributed by atoms with van der Waals surface area (Å²) in [4.78, 5) is 12.5. The highest BCUT2D eigenvalue weighted by Crippen LogP contribution is 2.32. The summed E-state index contributed by atoms with van der Waals surface area (Å²) in [7, 11) is 0. The molecule has 0 amide bonds. The van der Waals surface area contributed by atoms with Crippen molar-refractivity contribution in [2.45, 2.75) is 122 Å². The molecule has 31 heavy (non-hydrogen) atoms. The van der Waals surface area contributed by atoms with E-state index in [0.29, 0.717) is 23.7 Å². The second kappa shape index (κ2) is 12.0. The van der Waals surface area contributed by atoms with Gasteiger partial charge in [-0.1, -0.05) is 49.4 Å². The first-order valence-electron chi connectivity index (χ1n) is 13.5. The molecule has 4 aliphatic rings. The summed E-state index contributed by atoms with van der Waals surface area (Å²) in [6.07, 6.45) is 21.9. The Kier molecular flexibility index (Phi) is 8.81. The van der Waals surface area contributed by atoms with Crippen molar-refractivity contribution in [3.05, 3.63) is 0 Å². The topological polar surface area (TPSA) is 26.3 Å². The maximum absolute atomic E-state index is 12.5. The second-order valence-electron chi connectivity index (χ2n) is 10.7. The maximum Gasteiger partial charge on any atom is 0.309 e. The molecule has 0 bridgehead atoms. The SMILES string of the molecule is O=C(OC1CCCCC1)C1CCC(C#CC2CCC(C#CC3CCCCC3)CC2)CC1. The van der Waals surface area contributed by atoms with E-state index in [9.17, 15) is 4.79 Å². The molecule has 0 atom stereocenters. The van der Waals surface area contributed by atoms with Crippen LogP contribution in [0.5, 0.6) is 0 Å². The quantitative estimate of drug-likeness (QED) is 0.352. The van der Waals surface area contributed by atoms with Crippen LogP contribution in [-0.4, -0.2) is 12.1 Å². The van der Waals surface area contributed by atoms with Crippen LogP contribution in [0.3, 0.4) is 0 Å². The molecular formula is C29H42O2. The Morgan fingerprint density at radius 2 is 0.871 bits per heavy atom. The molecule has 0 unspecified atom stereocenters. The van der Waals surface area contributed by atoms with Crippen molar-refractivity contribution in [1.82, 2.24) is 0 Å². The Morgan fingerprint density at radius 3 is 1.35 bits per heavy atom. The molecule has 0 spiro atoms. The lowest BCUT2D eigenvalue weighted by atomic mass is 9.80. The molecule has 4 rings (SSSR count). The average molecular weight is 423 g/mol. The van der Waals surface area contributed by atoms with Crippen LogP contribution >= 0.6 is 0 Å². The zero-order valence-corrected chi connectivity index (χ0v) is 19.5. The lowest BCUT2D eigenvalue weighted by molar-refractivity contribution is -0.156. The molecule has 2 heteroatoms.